The third kappa shape index (κ3) is 2.92. The fourth-order valence-electron chi connectivity index (χ4n) is 1.16. The molecule has 1 aromatic heterocycles. The summed E-state index contributed by atoms with van der Waals surface area (Å²) in [5, 5.41) is 17.8. The van der Waals surface area contributed by atoms with E-state index in [9.17, 15) is 4.79 Å². The van der Waals surface area contributed by atoms with Crippen molar-refractivity contribution in [2.24, 2.45) is 0 Å². The van der Waals surface area contributed by atoms with E-state index in [2.05, 4.69) is 9.72 Å². The van der Waals surface area contributed by atoms with E-state index in [1.54, 1.807) is 6.92 Å². The molecule has 0 spiro atoms. The highest BCUT2D eigenvalue weighted by Gasteiger charge is 2.18. The molecule has 0 saturated carbocycles. The van der Waals surface area contributed by atoms with Crippen LogP contribution in [0.2, 0.25) is 0 Å². The van der Waals surface area contributed by atoms with Crippen LogP contribution < -0.4 is 4.90 Å². The van der Waals surface area contributed by atoms with Crippen LogP contribution in [0, 0.1) is 29.6 Å². The molecule has 0 amide bonds. The molecule has 0 N–H and O–H groups in total. The molecule has 1 aromatic rings. The lowest BCUT2D eigenvalue weighted by Gasteiger charge is -2.12. The molecule has 1 heterocycles. The molecule has 0 aliphatic rings. The van der Waals surface area contributed by atoms with E-state index >= 15 is 0 Å². The number of ether oxygens (including phenoxy) is 1. The number of rotatable bonds is 4. The lowest BCUT2D eigenvalue weighted by atomic mass is 10.4. The smallest absolute Gasteiger partial charge is 0.350 e. The third-order valence-electron chi connectivity index (χ3n) is 1.95. The summed E-state index contributed by atoms with van der Waals surface area (Å²) >= 11 is 1.12. The summed E-state index contributed by atoms with van der Waals surface area (Å²) in [5.74, 6) is -0.458. The zero-order valence-electron chi connectivity index (χ0n) is 9.43. The van der Waals surface area contributed by atoms with Crippen LogP contribution in [0.4, 0.5) is 5.13 Å². The second-order valence-corrected chi connectivity index (χ2v) is 4.05. The van der Waals surface area contributed by atoms with Gasteiger partial charge in [0.2, 0.25) is 0 Å². The van der Waals surface area contributed by atoms with Crippen LogP contribution in [-0.4, -0.2) is 31.2 Å². The molecule has 0 atom stereocenters. The average molecular weight is 250 g/mol. The van der Waals surface area contributed by atoms with Gasteiger partial charge in [0.25, 0.3) is 0 Å². The van der Waals surface area contributed by atoms with Gasteiger partial charge in [0.15, 0.2) is 5.13 Å². The van der Waals surface area contributed by atoms with Crippen molar-refractivity contribution < 1.29 is 9.53 Å². The van der Waals surface area contributed by atoms with Crippen LogP contribution in [0.25, 0.3) is 0 Å². The molecule has 88 valence electrons. The highest BCUT2D eigenvalue weighted by Crippen LogP contribution is 2.26. The molecule has 7 heteroatoms. The van der Waals surface area contributed by atoms with Gasteiger partial charge in [-0.15, -0.1) is 0 Å². The SMILES string of the molecule is COC(=O)c1sc(N(CC#N)CC#N)nc1C. The first-order valence-corrected chi connectivity index (χ1v) is 5.50. The number of anilines is 1. The van der Waals surface area contributed by atoms with Gasteiger partial charge in [-0.2, -0.15) is 10.5 Å². The van der Waals surface area contributed by atoms with Crippen molar-refractivity contribution in [1.82, 2.24) is 4.98 Å². The van der Waals surface area contributed by atoms with E-state index in [1.165, 1.54) is 12.0 Å². The predicted octanol–water partition coefficient (Wildman–Crippen LogP) is 1.09. The zero-order chi connectivity index (χ0) is 12.8. The Balaban J connectivity index is 3.03. The predicted molar refractivity (Wildman–Crippen MR) is 61.6 cm³/mol. The van der Waals surface area contributed by atoms with Crippen LogP contribution in [-0.2, 0) is 4.74 Å². The number of aryl methyl sites for hydroxylation is 1. The van der Waals surface area contributed by atoms with Crippen LogP contribution in [0.15, 0.2) is 0 Å². The molecule has 0 radical (unpaired) electrons. The molecule has 0 bridgehead atoms. The van der Waals surface area contributed by atoms with E-state index in [-0.39, 0.29) is 13.1 Å². The van der Waals surface area contributed by atoms with Gasteiger partial charge in [-0.05, 0) is 6.92 Å². The molecule has 0 aliphatic carbocycles. The second kappa shape index (κ2) is 5.83. The number of thiazole rings is 1. The zero-order valence-corrected chi connectivity index (χ0v) is 10.2. The van der Waals surface area contributed by atoms with Gasteiger partial charge in [0, 0.05) is 0 Å². The van der Waals surface area contributed by atoms with Gasteiger partial charge in [0.05, 0.1) is 24.9 Å². The van der Waals surface area contributed by atoms with Gasteiger partial charge in [-0.25, -0.2) is 9.78 Å². The number of aromatic nitrogens is 1. The lowest BCUT2D eigenvalue weighted by molar-refractivity contribution is 0.0605. The third-order valence-corrected chi connectivity index (χ3v) is 3.15. The van der Waals surface area contributed by atoms with E-state index < -0.39 is 5.97 Å². The molecule has 0 aromatic carbocycles. The summed E-state index contributed by atoms with van der Waals surface area (Å²) in [6, 6.07) is 3.90. The maximum Gasteiger partial charge on any atom is 0.350 e. The highest BCUT2D eigenvalue weighted by molar-refractivity contribution is 7.17. The summed E-state index contributed by atoms with van der Waals surface area (Å²) in [5.41, 5.74) is 0.540. The Morgan fingerprint density at radius 2 is 2.06 bits per heavy atom. The Hall–Kier alpha value is -2.12. The summed E-state index contributed by atoms with van der Waals surface area (Å²) in [6.07, 6.45) is 0. The average Bonchev–Trinajstić information content (AvgIpc) is 2.70. The number of esters is 1. The normalized spacial score (nSPS) is 9.18. The first-order valence-electron chi connectivity index (χ1n) is 4.68. The van der Waals surface area contributed by atoms with Crippen LogP contribution in [0.3, 0.4) is 0 Å². The van der Waals surface area contributed by atoms with Crippen molar-refractivity contribution in [3.8, 4) is 12.1 Å². The highest BCUT2D eigenvalue weighted by atomic mass is 32.1. The Morgan fingerprint density at radius 3 is 2.53 bits per heavy atom. The Kier molecular flexibility index (Phi) is 4.44. The molecule has 17 heavy (non-hydrogen) atoms. The Labute approximate surface area is 103 Å². The molecular formula is C10H10N4O2S. The number of carbonyl (C=O) groups excluding carboxylic acids is 1. The van der Waals surface area contributed by atoms with Crippen molar-refractivity contribution in [1.29, 1.82) is 10.5 Å². The minimum absolute atomic E-state index is 0.0567. The lowest BCUT2D eigenvalue weighted by Crippen LogP contribution is -2.23. The van der Waals surface area contributed by atoms with Crippen molar-refractivity contribution >= 4 is 22.4 Å². The topological polar surface area (TPSA) is 90.0 Å². The summed E-state index contributed by atoms with van der Waals surface area (Å²) in [7, 11) is 1.30. The van der Waals surface area contributed by atoms with E-state index in [1.807, 2.05) is 12.1 Å². The monoisotopic (exact) mass is 250 g/mol. The van der Waals surface area contributed by atoms with Crippen molar-refractivity contribution in [3.63, 3.8) is 0 Å². The largest absolute Gasteiger partial charge is 0.465 e. The molecular weight excluding hydrogens is 240 g/mol. The maximum absolute atomic E-state index is 11.4. The number of methoxy groups -OCH3 is 1. The number of carbonyl (C=O) groups is 1. The van der Waals surface area contributed by atoms with Gasteiger partial charge in [-0.3, -0.25) is 0 Å². The second-order valence-electron chi connectivity index (χ2n) is 3.07. The number of nitrogens with zero attached hydrogens (tertiary/aromatic N) is 4. The molecule has 0 saturated heterocycles. The fraction of sp³-hybridized carbons (Fsp3) is 0.400. The van der Waals surface area contributed by atoms with E-state index in [0.717, 1.165) is 11.3 Å². The van der Waals surface area contributed by atoms with Crippen molar-refractivity contribution in [2.75, 3.05) is 25.1 Å². The number of nitriles is 2. The first kappa shape index (κ1) is 12.9. The standard InChI is InChI=1S/C10H10N4O2S/c1-7-8(9(15)16-2)17-10(13-7)14(5-3-11)6-4-12/h5-6H2,1-2H3. The van der Waals surface area contributed by atoms with Crippen LogP contribution >= 0.6 is 11.3 Å². The van der Waals surface area contributed by atoms with Crippen molar-refractivity contribution in [3.05, 3.63) is 10.6 Å². The summed E-state index contributed by atoms with van der Waals surface area (Å²) < 4.78 is 4.61. The van der Waals surface area contributed by atoms with Gasteiger partial charge < -0.3 is 9.64 Å². The van der Waals surface area contributed by atoms with Gasteiger partial charge >= 0.3 is 5.97 Å². The van der Waals surface area contributed by atoms with E-state index in [0.29, 0.717) is 15.7 Å². The maximum atomic E-state index is 11.4. The van der Waals surface area contributed by atoms with Crippen molar-refractivity contribution in [2.45, 2.75) is 6.92 Å². The molecule has 0 fully saturated rings. The van der Waals surface area contributed by atoms with E-state index in [4.69, 9.17) is 10.5 Å². The van der Waals surface area contributed by atoms with Gasteiger partial charge in [-0.1, -0.05) is 11.3 Å². The molecule has 1 rings (SSSR count). The molecule has 0 aliphatic heterocycles. The number of hydrogen-bond donors (Lipinski definition) is 0. The van der Waals surface area contributed by atoms with Crippen LogP contribution in [0.5, 0.6) is 0 Å². The minimum atomic E-state index is -0.458. The summed E-state index contributed by atoms with van der Waals surface area (Å²) in [4.78, 5) is 17.4. The minimum Gasteiger partial charge on any atom is -0.465 e. The first-order chi connectivity index (χ1) is 8.13. The van der Waals surface area contributed by atoms with Crippen LogP contribution in [0.1, 0.15) is 15.4 Å². The van der Waals surface area contributed by atoms with Gasteiger partial charge in [0.1, 0.15) is 18.0 Å². The molecule has 6 nitrogen and oxygen atoms in total. The molecule has 0 unspecified atom stereocenters. The quantitative estimate of drug-likeness (QED) is 0.587. The fourth-order valence-corrected chi connectivity index (χ4v) is 2.14. The Morgan fingerprint density at radius 1 is 1.47 bits per heavy atom. The Bertz CT molecular complexity index is 481. The summed E-state index contributed by atoms with van der Waals surface area (Å²) in [6.45, 7) is 1.80. The number of hydrogen-bond acceptors (Lipinski definition) is 7.